The number of nitrogens with one attached hydrogen (secondary N) is 1. The van der Waals surface area contributed by atoms with Crippen molar-refractivity contribution in [3.8, 4) is 11.3 Å². The summed E-state index contributed by atoms with van der Waals surface area (Å²) in [6, 6.07) is 7.37. The van der Waals surface area contributed by atoms with Gasteiger partial charge in [-0.2, -0.15) is 10.1 Å². The number of rotatable bonds is 7. The van der Waals surface area contributed by atoms with Gasteiger partial charge in [-0.15, -0.1) is 0 Å². The molecule has 2 fully saturated rings. The zero-order valence-corrected chi connectivity index (χ0v) is 21.5. The Balaban J connectivity index is 1.29. The van der Waals surface area contributed by atoms with Crippen LogP contribution in [-0.2, 0) is 11.3 Å². The third-order valence-corrected chi connectivity index (χ3v) is 6.71. The number of oxazole rings is 1. The van der Waals surface area contributed by atoms with Gasteiger partial charge in [-0.3, -0.25) is 9.48 Å². The molecule has 39 heavy (non-hydrogen) atoms. The molecule has 4 aromatic heterocycles. The number of morpholine rings is 1. The van der Waals surface area contributed by atoms with Crippen LogP contribution in [0, 0.1) is 0 Å². The number of amides is 1. The molecule has 13 nitrogen and oxygen atoms in total. The van der Waals surface area contributed by atoms with Gasteiger partial charge in [-0.1, -0.05) is 6.07 Å². The lowest BCUT2D eigenvalue weighted by Crippen LogP contribution is -2.36. The third kappa shape index (κ3) is 5.41. The fourth-order valence-electron chi connectivity index (χ4n) is 4.77. The maximum atomic E-state index is 13.4. The molecule has 0 aliphatic carbocycles. The van der Waals surface area contributed by atoms with E-state index in [1.165, 1.54) is 0 Å². The summed E-state index contributed by atoms with van der Waals surface area (Å²) in [4.78, 5) is 31.2. The fraction of sp³-hybridized carbons (Fsp3) is 0.423. The molecule has 2 saturated heterocycles. The van der Waals surface area contributed by atoms with Crippen LogP contribution in [0.1, 0.15) is 23.8 Å². The van der Waals surface area contributed by atoms with Crippen molar-refractivity contribution >= 4 is 34.7 Å². The van der Waals surface area contributed by atoms with Crippen LogP contribution < -0.4 is 15.1 Å². The molecule has 2 atom stereocenters. The van der Waals surface area contributed by atoms with E-state index in [2.05, 4.69) is 20.4 Å². The van der Waals surface area contributed by atoms with Gasteiger partial charge in [-0.05, 0) is 25.5 Å². The Morgan fingerprint density at radius 1 is 1.18 bits per heavy atom. The van der Waals surface area contributed by atoms with E-state index in [-0.39, 0.29) is 5.69 Å². The highest BCUT2D eigenvalue weighted by atomic mass is 16.5. The minimum Gasteiger partial charge on any atom is -0.422 e. The Kier molecular flexibility index (Phi) is 6.85. The first kappa shape index (κ1) is 25.2. The third-order valence-electron chi connectivity index (χ3n) is 6.71. The van der Waals surface area contributed by atoms with Crippen molar-refractivity contribution in [2.75, 3.05) is 54.5 Å². The summed E-state index contributed by atoms with van der Waals surface area (Å²) >= 11 is 0. The molecule has 13 heteroatoms. The first-order valence-electron chi connectivity index (χ1n) is 13.0. The minimum atomic E-state index is -0.533. The summed E-state index contributed by atoms with van der Waals surface area (Å²) in [5.41, 5.74) is 2.86. The SMILES string of the molecule is C[C@H](O)Cn1cc(-c2cccc(C(=O)Nc3cc4oc(N5CCOCC5)nc4nc3N3CC[C@@H](O)C3)n2)cn1. The topological polar surface area (TPSA) is 155 Å². The average molecular weight is 535 g/mol. The summed E-state index contributed by atoms with van der Waals surface area (Å²) in [6.45, 7) is 5.58. The van der Waals surface area contributed by atoms with E-state index >= 15 is 0 Å². The predicted molar refractivity (Wildman–Crippen MR) is 143 cm³/mol. The Hall–Kier alpha value is -4.07. The first-order chi connectivity index (χ1) is 18.9. The molecule has 4 aromatic rings. The fourth-order valence-corrected chi connectivity index (χ4v) is 4.77. The lowest BCUT2D eigenvalue weighted by atomic mass is 10.2. The number of carbonyl (C=O) groups excluding carboxylic acids is 1. The summed E-state index contributed by atoms with van der Waals surface area (Å²) in [5, 5.41) is 27.0. The molecule has 6 rings (SSSR count). The van der Waals surface area contributed by atoms with Crippen molar-refractivity contribution in [2.45, 2.75) is 32.1 Å². The number of carbonyl (C=O) groups is 1. The number of β-amino-alcohol motifs (C(OH)–C–C–N with tert-alkyl or cyclic N) is 1. The van der Waals surface area contributed by atoms with Crippen molar-refractivity contribution in [1.29, 1.82) is 0 Å². The number of pyridine rings is 2. The largest absolute Gasteiger partial charge is 0.422 e. The van der Waals surface area contributed by atoms with Crippen molar-refractivity contribution in [3.05, 3.63) is 42.4 Å². The van der Waals surface area contributed by atoms with Crippen LogP contribution in [0.2, 0.25) is 0 Å². The molecular formula is C26H30N8O5. The smallest absolute Gasteiger partial charge is 0.300 e. The monoisotopic (exact) mass is 534 g/mol. The van der Waals surface area contributed by atoms with E-state index in [4.69, 9.17) is 14.1 Å². The van der Waals surface area contributed by atoms with Crippen LogP contribution in [0.3, 0.4) is 0 Å². The summed E-state index contributed by atoms with van der Waals surface area (Å²) in [6.07, 6.45) is 3.03. The maximum Gasteiger partial charge on any atom is 0.300 e. The summed E-state index contributed by atoms with van der Waals surface area (Å²) < 4.78 is 13.1. The molecule has 0 aromatic carbocycles. The predicted octanol–water partition coefficient (Wildman–Crippen LogP) is 1.52. The van der Waals surface area contributed by atoms with Crippen molar-refractivity contribution in [3.63, 3.8) is 0 Å². The molecular weight excluding hydrogens is 504 g/mol. The van der Waals surface area contributed by atoms with Crippen molar-refractivity contribution in [2.24, 2.45) is 0 Å². The number of hydrogen-bond donors (Lipinski definition) is 3. The molecule has 0 spiro atoms. The second-order valence-corrected chi connectivity index (χ2v) is 9.83. The molecule has 2 aliphatic rings. The lowest BCUT2D eigenvalue weighted by molar-refractivity contribution is 0.102. The lowest BCUT2D eigenvalue weighted by Gasteiger charge is -2.24. The normalized spacial score (nSPS) is 18.6. The van der Waals surface area contributed by atoms with Crippen LogP contribution in [0.5, 0.6) is 0 Å². The van der Waals surface area contributed by atoms with E-state index in [1.807, 2.05) is 9.80 Å². The average Bonchev–Trinajstić information content (AvgIpc) is 3.68. The molecule has 1 amide bonds. The molecule has 2 aliphatic heterocycles. The maximum absolute atomic E-state index is 13.4. The van der Waals surface area contributed by atoms with Gasteiger partial charge >= 0.3 is 0 Å². The van der Waals surface area contributed by atoms with Gasteiger partial charge in [0.15, 0.2) is 11.4 Å². The molecule has 0 radical (unpaired) electrons. The summed E-state index contributed by atoms with van der Waals surface area (Å²) in [5.74, 6) is 0.105. The Bertz CT molecular complexity index is 1480. The number of aliphatic hydroxyl groups excluding tert-OH is 2. The van der Waals surface area contributed by atoms with Crippen LogP contribution in [0.25, 0.3) is 22.5 Å². The van der Waals surface area contributed by atoms with Crippen LogP contribution in [-0.4, -0.2) is 92.5 Å². The highest BCUT2D eigenvalue weighted by Crippen LogP contribution is 2.33. The van der Waals surface area contributed by atoms with Crippen molar-refractivity contribution in [1.82, 2.24) is 24.7 Å². The van der Waals surface area contributed by atoms with Crippen LogP contribution >= 0.6 is 0 Å². The molecule has 0 saturated carbocycles. The molecule has 3 N–H and O–H groups in total. The first-order valence-corrected chi connectivity index (χ1v) is 13.0. The van der Waals surface area contributed by atoms with Gasteiger partial charge in [0.1, 0.15) is 5.69 Å². The van der Waals surface area contributed by atoms with Crippen LogP contribution in [0.4, 0.5) is 17.5 Å². The van der Waals surface area contributed by atoms with Gasteiger partial charge in [0.2, 0.25) is 5.65 Å². The second-order valence-electron chi connectivity index (χ2n) is 9.83. The number of fused-ring (bicyclic) bond motifs is 1. The minimum absolute atomic E-state index is 0.217. The van der Waals surface area contributed by atoms with E-state index in [0.717, 1.165) is 5.56 Å². The number of ether oxygens (including phenoxy) is 1. The Labute approximate surface area is 224 Å². The highest BCUT2D eigenvalue weighted by molar-refractivity contribution is 6.05. The van der Waals surface area contributed by atoms with Crippen molar-refractivity contribution < 1.29 is 24.2 Å². The zero-order chi connectivity index (χ0) is 26.9. The van der Waals surface area contributed by atoms with Gasteiger partial charge in [-0.25, -0.2) is 9.97 Å². The Morgan fingerprint density at radius 3 is 2.79 bits per heavy atom. The van der Waals surface area contributed by atoms with Gasteiger partial charge in [0, 0.05) is 44.0 Å². The van der Waals surface area contributed by atoms with E-state index in [9.17, 15) is 15.0 Å². The quantitative estimate of drug-likeness (QED) is 0.316. The molecule has 6 heterocycles. The highest BCUT2D eigenvalue weighted by Gasteiger charge is 2.27. The molecule has 0 bridgehead atoms. The zero-order valence-electron chi connectivity index (χ0n) is 21.5. The second kappa shape index (κ2) is 10.6. The number of anilines is 3. The molecule has 204 valence electrons. The molecule has 0 unspecified atom stereocenters. The van der Waals surface area contributed by atoms with E-state index in [1.54, 1.807) is 48.3 Å². The number of nitrogens with zero attached hydrogens (tertiary/aromatic N) is 7. The van der Waals surface area contributed by atoms with E-state index < -0.39 is 18.1 Å². The van der Waals surface area contributed by atoms with Gasteiger partial charge in [0.05, 0.1) is 49.5 Å². The number of aromatic nitrogens is 5. The number of hydrogen-bond acceptors (Lipinski definition) is 11. The summed E-state index contributed by atoms with van der Waals surface area (Å²) in [7, 11) is 0. The van der Waals surface area contributed by atoms with Gasteiger partial charge in [0.25, 0.3) is 11.9 Å². The number of aliphatic hydroxyl groups is 2. The Morgan fingerprint density at radius 2 is 2.03 bits per heavy atom. The van der Waals surface area contributed by atoms with Crippen LogP contribution in [0.15, 0.2) is 41.1 Å². The van der Waals surface area contributed by atoms with Gasteiger partial charge < -0.3 is 34.5 Å². The standard InChI is InChI=1S/C26H30N8O5/c1-16(35)13-34-14-17(12-27-34)19-3-2-4-20(28-19)25(37)29-21-11-22-23(30-24(21)33-6-5-18(36)15-33)31-26(39-22)32-7-9-38-10-8-32/h2-4,11-12,14,16,18,35-36H,5-10,13,15H2,1H3,(H,29,37)/t16-,18+/m0/s1. The van der Waals surface area contributed by atoms with E-state index in [0.29, 0.717) is 86.8 Å².